The zero-order valence-corrected chi connectivity index (χ0v) is 11.8. The predicted molar refractivity (Wildman–Crippen MR) is 74.1 cm³/mol. The fourth-order valence-electron chi connectivity index (χ4n) is 2.58. The number of hydrogen-bond donors (Lipinski definition) is 3. The van der Waals surface area contributed by atoms with Crippen LogP contribution in [0.3, 0.4) is 0 Å². The molecule has 21 heavy (non-hydrogen) atoms. The fraction of sp³-hybridized carbons (Fsp3) is 0.417. The molecule has 2 aromatic rings. The maximum absolute atomic E-state index is 11.2. The molecule has 0 saturated carbocycles. The zero-order chi connectivity index (χ0) is 14.8. The number of aromatic nitrogens is 4. The standard InChI is InChI=1S/C12H13N5O3S/c18-11(12(19)20)13-10-5-7-6(2-1-3-8(7)21-10)4-9-14-16-17-15-9/h5-6H,1-4H2,(H,13,18)(H,19,20)(H,14,15,16,17). The van der Waals surface area contributed by atoms with Crippen LogP contribution in [0.25, 0.3) is 0 Å². The number of carboxylic acid groups (broad SMARTS) is 1. The number of carbonyl (C=O) groups excluding carboxylic acids is 1. The molecule has 0 radical (unpaired) electrons. The minimum absolute atomic E-state index is 0.276. The Morgan fingerprint density at radius 1 is 1.52 bits per heavy atom. The van der Waals surface area contributed by atoms with Crippen molar-refractivity contribution in [3.05, 3.63) is 22.3 Å². The molecular formula is C12H13N5O3S. The Morgan fingerprint density at radius 2 is 2.38 bits per heavy atom. The molecule has 1 atom stereocenters. The van der Waals surface area contributed by atoms with Crippen molar-refractivity contribution in [3.63, 3.8) is 0 Å². The van der Waals surface area contributed by atoms with Gasteiger partial charge < -0.3 is 10.4 Å². The lowest BCUT2D eigenvalue weighted by Crippen LogP contribution is -2.21. The van der Waals surface area contributed by atoms with Crippen LogP contribution in [0.2, 0.25) is 0 Å². The van der Waals surface area contributed by atoms with E-state index in [1.807, 2.05) is 6.07 Å². The van der Waals surface area contributed by atoms with Crippen molar-refractivity contribution < 1.29 is 14.7 Å². The Labute approximate surface area is 123 Å². The first kappa shape index (κ1) is 13.7. The number of rotatable bonds is 3. The van der Waals surface area contributed by atoms with Crippen LogP contribution >= 0.6 is 11.3 Å². The van der Waals surface area contributed by atoms with Crippen LogP contribution in [-0.2, 0) is 22.4 Å². The Balaban J connectivity index is 1.79. The second-order valence-electron chi connectivity index (χ2n) is 4.87. The largest absolute Gasteiger partial charge is 0.474 e. The van der Waals surface area contributed by atoms with Crippen LogP contribution < -0.4 is 5.32 Å². The lowest BCUT2D eigenvalue weighted by atomic mass is 9.85. The summed E-state index contributed by atoms with van der Waals surface area (Å²) in [7, 11) is 0. The molecule has 0 bridgehead atoms. The molecule has 1 aliphatic carbocycles. The smallest absolute Gasteiger partial charge is 0.394 e. The summed E-state index contributed by atoms with van der Waals surface area (Å²) < 4.78 is 0. The molecule has 0 spiro atoms. The third-order valence-corrected chi connectivity index (χ3v) is 4.61. The van der Waals surface area contributed by atoms with Crippen LogP contribution in [0.1, 0.15) is 35.0 Å². The van der Waals surface area contributed by atoms with Gasteiger partial charge in [0.25, 0.3) is 0 Å². The van der Waals surface area contributed by atoms with Crippen LogP contribution in [0.4, 0.5) is 5.00 Å². The van der Waals surface area contributed by atoms with E-state index in [1.54, 1.807) is 0 Å². The molecule has 110 valence electrons. The molecule has 1 aliphatic rings. The van der Waals surface area contributed by atoms with E-state index in [4.69, 9.17) is 5.11 Å². The van der Waals surface area contributed by atoms with E-state index in [0.717, 1.165) is 24.8 Å². The molecule has 0 aromatic carbocycles. The molecule has 1 amide bonds. The van der Waals surface area contributed by atoms with E-state index >= 15 is 0 Å². The van der Waals surface area contributed by atoms with Gasteiger partial charge in [-0.25, -0.2) is 4.79 Å². The molecule has 1 unspecified atom stereocenters. The Kier molecular flexibility index (Phi) is 3.65. The fourth-order valence-corrected chi connectivity index (χ4v) is 3.76. The van der Waals surface area contributed by atoms with Crippen molar-refractivity contribution >= 4 is 28.2 Å². The summed E-state index contributed by atoms with van der Waals surface area (Å²) in [4.78, 5) is 23.0. The van der Waals surface area contributed by atoms with Crippen LogP contribution in [0.5, 0.6) is 0 Å². The van der Waals surface area contributed by atoms with Crippen LogP contribution in [-0.4, -0.2) is 37.6 Å². The highest BCUT2D eigenvalue weighted by Gasteiger charge is 2.25. The van der Waals surface area contributed by atoms with E-state index < -0.39 is 11.9 Å². The number of anilines is 1. The first-order valence-corrected chi connectivity index (χ1v) is 7.34. The van der Waals surface area contributed by atoms with Gasteiger partial charge in [0, 0.05) is 11.3 Å². The van der Waals surface area contributed by atoms with Gasteiger partial charge in [-0.05, 0) is 36.8 Å². The summed E-state index contributed by atoms with van der Waals surface area (Å²) in [5.74, 6) is -1.55. The number of aliphatic carboxylic acids is 1. The molecule has 3 N–H and O–H groups in total. The van der Waals surface area contributed by atoms with Gasteiger partial charge in [-0.1, -0.05) is 5.21 Å². The minimum atomic E-state index is -1.48. The molecule has 0 fully saturated rings. The predicted octanol–water partition coefficient (Wildman–Crippen LogP) is 0.947. The second-order valence-corrected chi connectivity index (χ2v) is 6.01. The second kappa shape index (κ2) is 5.60. The highest BCUT2D eigenvalue weighted by Crippen LogP contribution is 2.40. The van der Waals surface area contributed by atoms with Crippen molar-refractivity contribution in [3.8, 4) is 0 Å². The summed E-state index contributed by atoms with van der Waals surface area (Å²) in [5, 5.41) is 25.5. The number of aromatic amines is 1. The van der Waals surface area contributed by atoms with E-state index in [1.165, 1.54) is 16.2 Å². The summed E-state index contributed by atoms with van der Waals surface area (Å²) >= 11 is 1.44. The highest BCUT2D eigenvalue weighted by atomic mass is 32.1. The van der Waals surface area contributed by atoms with Gasteiger partial charge in [0.05, 0.1) is 5.00 Å². The summed E-state index contributed by atoms with van der Waals surface area (Å²) in [6.45, 7) is 0. The molecule has 2 aromatic heterocycles. The first-order valence-electron chi connectivity index (χ1n) is 6.52. The van der Waals surface area contributed by atoms with Gasteiger partial charge in [0.2, 0.25) is 0 Å². The molecule has 0 aliphatic heterocycles. The number of nitrogens with zero attached hydrogens (tertiary/aromatic N) is 3. The van der Waals surface area contributed by atoms with Gasteiger partial charge in [-0.15, -0.1) is 21.5 Å². The number of nitrogens with one attached hydrogen (secondary N) is 2. The SMILES string of the molecule is O=C(O)C(=O)Nc1cc2c(s1)CCCC2Cc1nn[nH]n1. The van der Waals surface area contributed by atoms with Crippen LogP contribution in [0, 0.1) is 0 Å². The number of carboxylic acids is 1. The Hall–Kier alpha value is -2.29. The van der Waals surface area contributed by atoms with Crippen LogP contribution in [0.15, 0.2) is 6.07 Å². The number of thiophene rings is 1. The molecule has 3 rings (SSSR count). The topological polar surface area (TPSA) is 121 Å². The number of fused-ring (bicyclic) bond motifs is 1. The molecule has 9 heteroatoms. The van der Waals surface area contributed by atoms with Crippen molar-refractivity contribution in [1.82, 2.24) is 20.6 Å². The number of hydrogen-bond acceptors (Lipinski definition) is 6. The lowest BCUT2D eigenvalue weighted by molar-refractivity contribution is -0.147. The van der Waals surface area contributed by atoms with Crippen molar-refractivity contribution in [2.45, 2.75) is 31.6 Å². The lowest BCUT2D eigenvalue weighted by Gasteiger charge is -2.20. The first-order chi connectivity index (χ1) is 10.1. The molecular weight excluding hydrogens is 294 g/mol. The third-order valence-electron chi connectivity index (χ3n) is 3.49. The number of H-pyrrole nitrogens is 1. The number of amides is 1. The van der Waals surface area contributed by atoms with E-state index in [2.05, 4.69) is 25.9 Å². The highest BCUT2D eigenvalue weighted by molar-refractivity contribution is 7.16. The maximum Gasteiger partial charge on any atom is 0.394 e. The Morgan fingerprint density at radius 3 is 3.10 bits per heavy atom. The van der Waals surface area contributed by atoms with Crippen molar-refractivity contribution in [1.29, 1.82) is 0 Å². The van der Waals surface area contributed by atoms with E-state index in [0.29, 0.717) is 17.2 Å². The normalized spacial score (nSPS) is 17.2. The number of carbonyl (C=O) groups is 2. The van der Waals surface area contributed by atoms with Crippen molar-refractivity contribution in [2.24, 2.45) is 0 Å². The average Bonchev–Trinajstić information content (AvgIpc) is 3.08. The molecule has 8 nitrogen and oxygen atoms in total. The number of aryl methyl sites for hydroxylation is 1. The van der Waals surface area contributed by atoms with Gasteiger partial charge in [-0.2, -0.15) is 5.21 Å². The monoisotopic (exact) mass is 307 g/mol. The Bertz CT molecular complexity index is 666. The molecule has 0 saturated heterocycles. The van der Waals surface area contributed by atoms with Gasteiger partial charge in [0.15, 0.2) is 5.82 Å². The summed E-state index contributed by atoms with van der Waals surface area (Å²) in [5.41, 5.74) is 1.15. The van der Waals surface area contributed by atoms with E-state index in [-0.39, 0.29) is 5.92 Å². The summed E-state index contributed by atoms with van der Waals surface area (Å²) in [6.07, 6.45) is 3.71. The van der Waals surface area contributed by atoms with Crippen molar-refractivity contribution in [2.75, 3.05) is 5.32 Å². The third kappa shape index (κ3) is 2.92. The van der Waals surface area contributed by atoms with E-state index in [9.17, 15) is 9.59 Å². The maximum atomic E-state index is 11.2. The zero-order valence-electron chi connectivity index (χ0n) is 11.0. The quantitative estimate of drug-likeness (QED) is 0.726. The van der Waals surface area contributed by atoms with Gasteiger partial charge in [0.1, 0.15) is 0 Å². The molecule has 2 heterocycles. The average molecular weight is 307 g/mol. The van der Waals surface area contributed by atoms with Gasteiger partial charge in [-0.3, -0.25) is 4.79 Å². The number of tetrazole rings is 1. The van der Waals surface area contributed by atoms with Gasteiger partial charge >= 0.3 is 11.9 Å². The summed E-state index contributed by atoms with van der Waals surface area (Å²) in [6, 6.07) is 1.87. The minimum Gasteiger partial charge on any atom is -0.474 e.